The number of piperidine rings is 1. The zero-order valence-corrected chi connectivity index (χ0v) is 6.08. The first kappa shape index (κ1) is 7.52. The van der Waals surface area contributed by atoms with Gasteiger partial charge < -0.3 is 5.73 Å². The summed E-state index contributed by atoms with van der Waals surface area (Å²) in [6.07, 6.45) is 2.09. The molecule has 2 N–H and O–H groups in total. The van der Waals surface area contributed by atoms with Gasteiger partial charge in [0.15, 0.2) is 0 Å². The van der Waals surface area contributed by atoms with E-state index in [1.165, 1.54) is 0 Å². The van der Waals surface area contributed by atoms with E-state index in [1.807, 2.05) is 0 Å². The van der Waals surface area contributed by atoms with Crippen LogP contribution in [0, 0.1) is 11.3 Å². The molecule has 1 rings (SSSR count). The van der Waals surface area contributed by atoms with E-state index in [9.17, 15) is 0 Å². The fourth-order valence-electron chi connectivity index (χ4n) is 1.21. The molecule has 3 nitrogen and oxygen atoms in total. The van der Waals surface area contributed by atoms with Crippen molar-refractivity contribution in [2.24, 2.45) is 5.73 Å². The third-order valence-electron chi connectivity index (χ3n) is 1.93. The lowest BCUT2D eigenvalue weighted by Gasteiger charge is -2.27. The molecular weight excluding hydrogens is 126 g/mol. The van der Waals surface area contributed by atoms with E-state index in [0.717, 1.165) is 25.9 Å². The van der Waals surface area contributed by atoms with Gasteiger partial charge in [0.05, 0.1) is 12.6 Å². The summed E-state index contributed by atoms with van der Waals surface area (Å²) >= 11 is 0. The number of nitrogens with zero attached hydrogens (tertiary/aromatic N) is 2. The molecule has 1 fully saturated rings. The van der Waals surface area contributed by atoms with E-state index < -0.39 is 0 Å². The van der Waals surface area contributed by atoms with Crippen LogP contribution in [0.3, 0.4) is 0 Å². The molecule has 0 bridgehead atoms. The van der Waals surface area contributed by atoms with E-state index in [1.54, 1.807) is 0 Å². The van der Waals surface area contributed by atoms with Gasteiger partial charge in [-0.15, -0.1) is 0 Å². The largest absolute Gasteiger partial charge is 0.328 e. The Labute approximate surface area is 61.4 Å². The Kier molecular flexibility index (Phi) is 2.67. The van der Waals surface area contributed by atoms with Gasteiger partial charge in [-0.25, -0.2) is 0 Å². The van der Waals surface area contributed by atoms with E-state index in [-0.39, 0.29) is 0 Å². The molecule has 0 spiro atoms. The van der Waals surface area contributed by atoms with Gasteiger partial charge in [0.1, 0.15) is 0 Å². The third kappa shape index (κ3) is 1.98. The van der Waals surface area contributed by atoms with Gasteiger partial charge in [0, 0.05) is 19.1 Å². The third-order valence-corrected chi connectivity index (χ3v) is 1.93. The Bertz CT molecular complexity index is 130. The van der Waals surface area contributed by atoms with E-state index in [0.29, 0.717) is 12.6 Å². The molecule has 1 aliphatic heterocycles. The number of hydrogen-bond donors (Lipinski definition) is 1. The molecule has 0 amide bonds. The standard InChI is InChI=1S/C7H13N3/c8-3-6-10-4-1-7(9)2-5-10/h7H,1-2,4-6,9H2. The summed E-state index contributed by atoms with van der Waals surface area (Å²) in [6.45, 7) is 2.55. The lowest BCUT2D eigenvalue weighted by Crippen LogP contribution is -2.39. The number of nitriles is 1. The van der Waals surface area contributed by atoms with Crippen molar-refractivity contribution in [1.82, 2.24) is 4.90 Å². The van der Waals surface area contributed by atoms with Crippen LogP contribution in [-0.2, 0) is 0 Å². The molecule has 1 heterocycles. The Morgan fingerprint density at radius 1 is 1.50 bits per heavy atom. The molecular formula is C7H13N3. The van der Waals surface area contributed by atoms with E-state index in [2.05, 4.69) is 11.0 Å². The molecule has 10 heavy (non-hydrogen) atoms. The summed E-state index contributed by atoms with van der Waals surface area (Å²) in [5, 5.41) is 8.36. The number of likely N-dealkylation sites (tertiary alicyclic amines) is 1. The maximum absolute atomic E-state index is 8.36. The van der Waals surface area contributed by atoms with Gasteiger partial charge in [-0.05, 0) is 12.8 Å². The van der Waals surface area contributed by atoms with E-state index >= 15 is 0 Å². The molecule has 0 radical (unpaired) electrons. The van der Waals surface area contributed by atoms with Crippen molar-refractivity contribution < 1.29 is 0 Å². The Balaban J connectivity index is 2.21. The lowest BCUT2D eigenvalue weighted by atomic mass is 10.1. The fourth-order valence-corrected chi connectivity index (χ4v) is 1.21. The molecule has 56 valence electrons. The van der Waals surface area contributed by atoms with Crippen molar-refractivity contribution in [2.45, 2.75) is 18.9 Å². The summed E-state index contributed by atoms with van der Waals surface area (Å²) in [6, 6.07) is 2.51. The zero-order valence-electron chi connectivity index (χ0n) is 6.08. The monoisotopic (exact) mass is 139 g/mol. The van der Waals surface area contributed by atoms with Crippen LogP contribution < -0.4 is 5.73 Å². The lowest BCUT2D eigenvalue weighted by molar-refractivity contribution is 0.236. The average molecular weight is 139 g/mol. The first-order valence-corrected chi connectivity index (χ1v) is 3.68. The van der Waals surface area contributed by atoms with Gasteiger partial charge in [0.2, 0.25) is 0 Å². The van der Waals surface area contributed by atoms with Gasteiger partial charge in [-0.2, -0.15) is 5.26 Å². The summed E-state index contributed by atoms with van der Waals surface area (Å²) in [4.78, 5) is 2.14. The fraction of sp³-hybridized carbons (Fsp3) is 0.857. The summed E-state index contributed by atoms with van der Waals surface area (Å²) in [7, 11) is 0. The van der Waals surface area contributed by atoms with Gasteiger partial charge >= 0.3 is 0 Å². The van der Waals surface area contributed by atoms with Crippen LogP contribution >= 0.6 is 0 Å². The highest BCUT2D eigenvalue weighted by atomic mass is 15.1. The SMILES string of the molecule is N#CCN1CCC(N)CC1. The maximum Gasteiger partial charge on any atom is 0.0866 e. The minimum absolute atomic E-state index is 0.370. The Morgan fingerprint density at radius 2 is 2.10 bits per heavy atom. The van der Waals surface area contributed by atoms with Crippen LogP contribution in [0.25, 0.3) is 0 Å². The first-order valence-electron chi connectivity index (χ1n) is 3.68. The van der Waals surface area contributed by atoms with Crippen molar-refractivity contribution in [1.29, 1.82) is 5.26 Å². The first-order chi connectivity index (χ1) is 4.83. The second-order valence-electron chi connectivity index (χ2n) is 2.77. The van der Waals surface area contributed by atoms with Crippen LogP contribution in [0.15, 0.2) is 0 Å². The molecule has 0 aromatic carbocycles. The van der Waals surface area contributed by atoms with Gasteiger partial charge in [0.25, 0.3) is 0 Å². The normalized spacial score (nSPS) is 22.4. The zero-order chi connectivity index (χ0) is 7.40. The topological polar surface area (TPSA) is 53.0 Å². The predicted molar refractivity (Wildman–Crippen MR) is 39.3 cm³/mol. The summed E-state index contributed by atoms with van der Waals surface area (Å²) in [5.41, 5.74) is 5.68. The molecule has 0 aromatic rings. The van der Waals surface area contributed by atoms with Crippen LogP contribution in [0.2, 0.25) is 0 Å². The molecule has 3 heteroatoms. The van der Waals surface area contributed by atoms with Crippen LogP contribution in [-0.4, -0.2) is 30.6 Å². The Morgan fingerprint density at radius 3 is 2.60 bits per heavy atom. The second-order valence-corrected chi connectivity index (χ2v) is 2.77. The van der Waals surface area contributed by atoms with E-state index in [4.69, 9.17) is 11.0 Å². The van der Waals surface area contributed by atoms with Crippen molar-refractivity contribution in [3.05, 3.63) is 0 Å². The average Bonchev–Trinajstić information content (AvgIpc) is 1.95. The molecule has 1 saturated heterocycles. The molecule has 0 atom stereocenters. The predicted octanol–water partition coefficient (Wildman–Crippen LogP) is -0.0669. The van der Waals surface area contributed by atoms with Crippen molar-refractivity contribution >= 4 is 0 Å². The van der Waals surface area contributed by atoms with Crippen molar-refractivity contribution in [3.8, 4) is 6.07 Å². The molecule has 0 saturated carbocycles. The summed E-state index contributed by atoms with van der Waals surface area (Å²) in [5.74, 6) is 0. The Hall–Kier alpha value is -0.590. The summed E-state index contributed by atoms with van der Waals surface area (Å²) < 4.78 is 0. The molecule has 0 aromatic heterocycles. The molecule has 0 aliphatic carbocycles. The van der Waals surface area contributed by atoms with Crippen molar-refractivity contribution in [3.63, 3.8) is 0 Å². The highest BCUT2D eigenvalue weighted by Crippen LogP contribution is 2.06. The van der Waals surface area contributed by atoms with Crippen LogP contribution in [0.5, 0.6) is 0 Å². The van der Waals surface area contributed by atoms with Gasteiger partial charge in [-0.1, -0.05) is 0 Å². The quantitative estimate of drug-likeness (QED) is 0.517. The second kappa shape index (κ2) is 3.55. The minimum Gasteiger partial charge on any atom is -0.328 e. The van der Waals surface area contributed by atoms with Gasteiger partial charge in [-0.3, -0.25) is 4.90 Å². The number of rotatable bonds is 1. The van der Waals surface area contributed by atoms with Crippen LogP contribution in [0.1, 0.15) is 12.8 Å². The number of nitrogens with two attached hydrogens (primary N) is 1. The highest BCUT2D eigenvalue weighted by molar-refractivity contribution is 4.81. The molecule has 1 aliphatic rings. The number of hydrogen-bond acceptors (Lipinski definition) is 3. The maximum atomic E-state index is 8.36. The van der Waals surface area contributed by atoms with Crippen molar-refractivity contribution in [2.75, 3.05) is 19.6 Å². The molecule has 0 unspecified atom stereocenters. The van der Waals surface area contributed by atoms with Crippen LogP contribution in [0.4, 0.5) is 0 Å². The highest BCUT2D eigenvalue weighted by Gasteiger charge is 2.14. The minimum atomic E-state index is 0.370. The smallest absolute Gasteiger partial charge is 0.0866 e.